The fraction of sp³-hybridized carbons (Fsp3) is 0.556. The number of ketones is 1. The fourth-order valence-corrected chi connectivity index (χ4v) is 1.04. The average Bonchev–Trinajstić information content (AvgIpc) is 2.22. The van der Waals surface area contributed by atoms with Gasteiger partial charge in [-0.05, 0) is 6.42 Å². The summed E-state index contributed by atoms with van der Waals surface area (Å²) in [6, 6.07) is 0. The summed E-state index contributed by atoms with van der Waals surface area (Å²) >= 11 is 0. The zero-order chi connectivity index (χ0) is 12.7. The van der Waals surface area contributed by atoms with Gasteiger partial charge in [-0.15, -0.1) is 0 Å². The molecular formula is C9H11Li2NO6. The average molecular weight is 243 g/mol. The topological polar surface area (TPSA) is 126 Å². The van der Waals surface area contributed by atoms with Crippen molar-refractivity contribution in [3.63, 3.8) is 0 Å². The van der Waals surface area contributed by atoms with E-state index in [1.807, 2.05) is 0 Å². The van der Waals surface area contributed by atoms with Gasteiger partial charge in [-0.3, -0.25) is 9.59 Å². The maximum Gasteiger partial charge on any atom is 1.00 e. The molecule has 1 atom stereocenters. The number of carboxylic acids is 2. The number of carbonyl (C=O) groups excluding carboxylic acids is 4. The van der Waals surface area contributed by atoms with E-state index in [2.05, 4.69) is 5.32 Å². The van der Waals surface area contributed by atoms with Crippen LogP contribution in [-0.2, 0) is 19.2 Å². The molecule has 7 nitrogen and oxygen atoms in total. The Labute approximate surface area is 128 Å². The maximum absolute atomic E-state index is 10.8. The van der Waals surface area contributed by atoms with Gasteiger partial charge in [0, 0.05) is 31.8 Å². The van der Waals surface area contributed by atoms with Crippen LogP contribution in [0.2, 0.25) is 0 Å². The number of Topliss-reactive ketones (excluding diaryl/α,β-unsaturated/α-hetero) is 1. The zero-order valence-electron chi connectivity index (χ0n) is 10.6. The van der Waals surface area contributed by atoms with Gasteiger partial charge in [0.15, 0.2) is 5.78 Å². The maximum atomic E-state index is 10.8. The number of amides is 1. The molecule has 0 fully saturated rings. The molecule has 1 unspecified atom stereocenters. The van der Waals surface area contributed by atoms with Crippen LogP contribution in [0.1, 0.15) is 19.3 Å². The molecule has 0 aromatic carbocycles. The molecule has 0 saturated heterocycles. The van der Waals surface area contributed by atoms with Crippen LogP contribution in [0, 0.1) is 5.92 Å². The Balaban J connectivity index is -0.00000112. The van der Waals surface area contributed by atoms with Crippen LogP contribution < -0.4 is 53.3 Å². The third-order valence-corrected chi connectivity index (χ3v) is 1.99. The minimum Gasteiger partial charge on any atom is -0.550 e. The molecule has 0 heterocycles. The first-order valence-corrected chi connectivity index (χ1v) is 4.54. The van der Waals surface area contributed by atoms with Crippen molar-refractivity contribution in [2.75, 3.05) is 7.05 Å². The normalized spacial score (nSPS) is 10.3. The SMILES string of the molecule is CNC(=O)CCC(CC(=O)C(=O)[O-])C(=O)[O-].[Li+].[Li+]. The van der Waals surface area contributed by atoms with Crippen LogP contribution >= 0.6 is 0 Å². The molecule has 0 radical (unpaired) electrons. The van der Waals surface area contributed by atoms with E-state index >= 15 is 0 Å². The molecule has 0 aliphatic heterocycles. The number of nitrogens with one attached hydrogen (secondary N) is 1. The largest absolute Gasteiger partial charge is 1.00 e. The van der Waals surface area contributed by atoms with E-state index in [0.717, 1.165) is 0 Å². The summed E-state index contributed by atoms with van der Waals surface area (Å²) in [6.45, 7) is 0. The van der Waals surface area contributed by atoms with Crippen molar-refractivity contribution >= 4 is 23.6 Å². The van der Waals surface area contributed by atoms with Crippen LogP contribution in [-0.4, -0.2) is 30.7 Å². The number of carboxylic acid groups (broad SMARTS) is 2. The Morgan fingerprint density at radius 1 is 1.11 bits per heavy atom. The van der Waals surface area contributed by atoms with E-state index in [1.165, 1.54) is 7.05 Å². The van der Waals surface area contributed by atoms with Gasteiger partial charge in [0.25, 0.3) is 0 Å². The molecule has 1 amide bonds. The molecule has 0 aromatic rings. The summed E-state index contributed by atoms with van der Waals surface area (Å²) < 4.78 is 0. The summed E-state index contributed by atoms with van der Waals surface area (Å²) in [4.78, 5) is 42.2. The number of hydrogen-bond acceptors (Lipinski definition) is 6. The van der Waals surface area contributed by atoms with Crippen LogP contribution in [0.15, 0.2) is 0 Å². The van der Waals surface area contributed by atoms with E-state index < -0.39 is 36.0 Å². The zero-order valence-corrected chi connectivity index (χ0v) is 10.6. The summed E-state index contributed by atoms with van der Waals surface area (Å²) in [6.07, 6.45) is -0.988. The number of hydrogen-bond donors (Lipinski definition) is 1. The molecule has 18 heavy (non-hydrogen) atoms. The van der Waals surface area contributed by atoms with Gasteiger partial charge in [0.1, 0.15) is 5.97 Å². The van der Waals surface area contributed by atoms with Gasteiger partial charge in [0.05, 0.1) is 0 Å². The standard InChI is InChI=1S/C9H13NO6.2Li/c1-10-7(12)3-2-5(8(13)14)4-6(11)9(15)16;;/h5H,2-4H2,1H3,(H,10,12)(H,13,14)(H,15,16);;/q;2*+1/p-2. The van der Waals surface area contributed by atoms with Crippen molar-refractivity contribution in [3.05, 3.63) is 0 Å². The van der Waals surface area contributed by atoms with E-state index in [9.17, 15) is 29.4 Å². The minimum atomic E-state index is -1.94. The Hall–Kier alpha value is -0.725. The van der Waals surface area contributed by atoms with Crippen molar-refractivity contribution in [2.45, 2.75) is 19.3 Å². The fourth-order valence-electron chi connectivity index (χ4n) is 1.04. The predicted octanol–water partition coefficient (Wildman–Crippen LogP) is -9.40. The predicted molar refractivity (Wildman–Crippen MR) is 46.4 cm³/mol. The summed E-state index contributed by atoms with van der Waals surface area (Å²) in [5.41, 5.74) is 0. The first kappa shape index (κ1) is 22.5. The monoisotopic (exact) mass is 243 g/mol. The van der Waals surface area contributed by atoms with Gasteiger partial charge in [-0.1, -0.05) is 0 Å². The number of aliphatic carboxylic acids is 2. The molecule has 90 valence electrons. The van der Waals surface area contributed by atoms with E-state index in [4.69, 9.17) is 0 Å². The molecular weight excluding hydrogens is 232 g/mol. The van der Waals surface area contributed by atoms with Gasteiger partial charge in [0.2, 0.25) is 5.91 Å². The Morgan fingerprint density at radius 3 is 1.94 bits per heavy atom. The quantitative estimate of drug-likeness (QED) is 0.349. The second kappa shape index (κ2) is 11.4. The van der Waals surface area contributed by atoms with Crippen LogP contribution in [0.4, 0.5) is 0 Å². The molecule has 9 heteroatoms. The molecule has 0 aliphatic carbocycles. The van der Waals surface area contributed by atoms with E-state index in [1.54, 1.807) is 0 Å². The summed E-state index contributed by atoms with van der Waals surface area (Å²) in [7, 11) is 1.38. The Kier molecular flexibility index (Phi) is 14.2. The summed E-state index contributed by atoms with van der Waals surface area (Å²) in [5.74, 6) is -6.49. The Morgan fingerprint density at radius 2 is 1.61 bits per heavy atom. The first-order chi connectivity index (χ1) is 7.38. The van der Waals surface area contributed by atoms with E-state index in [-0.39, 0.29) is 50.6 Å². The third kappa shape index (κ3) is 9.32. The number of carbonyl (C=O) groups is 4. The summed E-state index contributed by atoms with van der Waals surface area (Å²) in [5, 5.41) is 22.9. The van der Waals surface area contributed by atoms with Crippen LogP contribution in [0.5, 0.6) is 0 Å². The van der Waals surface area contributed by atoms with Crippen LogP contribution in [0.25, 0.3) is 0 Å². The van der Waals surface area contributed by atoms with Crippen molar-refractivity contribution in [1.82, 2.24) is 5.32 Å². The molecule has 0 aromatic heterocycles. The number of rotatable bonds is 7. The van der Waals surface area contributed by atoms with Gasteiger partial charge >= 0.3 is 37.7 Å². The van der Waals surface area contributed by atoms with Gasteiger partial charge < -0.3 is 25.1 Å². The molecule has 1 N–H and O–H groups in total. The minimum absolute atomic E-state index is 0. The van der Waals surface area contributed by atoms with Crippen molar-refractivity contribution in [3.8, 4) is 0 Å². The van der Waals surface area contributed by atoms with Gasteiger partial charge in [-0.2, -0.15) is 0 Å². The molecule has 0 aliphatic rings. The van der Waals surface area contributed by atoms with Crippen molar-refractivity contribution in [2.24, 2.45) is 5.92 Å². The smallest absolute Gasteiger partial charge is 0.550 e. The van der Waals surface area contributed by atoms with Crippen LogP contribution in [0.3, 0.4) is 0 Å². The second-order valence-corrected chi connectivity index (χ2v) is 3.14. The van der Waals surface area contributed by atoms with Gasteiger partial charge in [-0.25, -0.2) is 0 Å². The van der Waals surface area contributed by atoms with Crippen molar-refractivity contribution in [1.29, 1.82) is 0 Å². The van der Waals surface area contributed by atoms with Crippen molar-refractivity contribution < 1.29 is 67.1 Å². The molecule has 0 saturated carbocycles. The second-order valence-electron chi connectivity index (χ2n) is 3.14. The molecule has 0 rings (SSSR count). The van der Waals surface area contributed by atoms with E-state index in [0.29, 0.717) is 0 Å². The molecule has 0 bridgehead atoms. The Bertz CT molecular complexity index is 320. The molecule has 0 spiro atoms. The third-order valence-electron chi connectivity index (χ3n) is 1.99. The first-order valence-electron chi connectivity index (χ1n) is 4.54.